The maximum Gasteiger partial charge on any atom is 0.325 e. The third-order valence-electron chi connectivity index (χ3n) is 2.54. The SMILES string of the molecule is CC(O)CCN(C)C(=O)CN1C(=O)CNC1=O. The molecule has 0 saturated carbocycles. The Morgan fingerprint density at radius 2 is 2.24 bits per heavy atom. The maximum absolute atomic E-state index is 11.7. The largest absolute Gasteiger partial charge is 0.393 e. The zero-order valence-corrected chi connectivity index (χ0v) is 9.97. The van der Waals surface area contributed by atoms with Crippen LogP contribution >= 0.6 is 0 Å². The first-order valence-electron chi connectivity index (χ1n) is 5.42. The molecular weight excluding hydrogens is 226 g/mol. The summed E-state index contributed by atoms with van der Waals surface area (Å²) in [5.74, 6) is -0.719. The zero-order chi connectivity index (χ0) is 13.0. The predicted octanol–water partition coefficient (Wildman–Crippen LogP) is -1.23. The lowest BCUT2D eigenvalue weighted by molar-refractivity contribution is -0.135. The Morgan fingerprint density at radius 1 is 1.59 bits per heavy atom. The molecule has 17 heavy (non-hydrogen) atoms. The van der Waals surface area contributed by atoms with E-state index in [1.54, 1.807) is 14.0 Å². The van der Waals surface area contributed by atoms with E-state index in [1.807, 2.05) is 0 Å². The summed E-state index contributed by atoms with van der Waals surface area (Å²) in [6, 6.07) is -0.535. The summed E-state index contributed by atoms with van der Waals surface area (Å²) in [5, 5.41) is 11.4. The van der Waals surface area contributed by atoms with Gasteiger partial charge in [0.15, 0.2) is 0 Å². The fourth-order valence-corrected chi connectivity index (χ4v) is 1.38. The third kappa shape index (κ3) is 3.70. The van der Waals surface area contributed by atoms with Gasteiger partial charge in [-0.15, -0.1) is 0 Å². The second-order valence-corrected chi connectivity index (χ2v) is 4.09. The van der Waals surface area contributed by atoms with E-state index >= 15 is 0 Å². The number of likely N-dealkylation sites (N-methyl/N-ethyl adjacent to an activating group) is 1. The summed E-state index contributed by atoms with van der Waals surface area (Å²) >= 11 is 0. The van der Waals surface area contributed by atoms with Crippen molar-refractivity contribution in [2.75, 3.05) is 26.7 Å². The van der Waals surface area contributed by atoms with Gasteiger partial charge < -0.3 is 15.3 Å². The molecule has 0 aromatic rings. The summed E-state index contributed by atoms with van der Waals surface area (Å²) in [4.78, 5) is 36.4. The lowest BCUT2D eigenvalue weighted by atomic mass is 10.3. The fourth-order valence-electron chi connectivity index (χ4n) is 1.38. The average Bonchev–Trinajstić information content (AvgIpc) is 2.57. The van der Waals surface area contributed by atoms with Crippen molar-refractivity contribution in [3.63, 3.8) is 0 Å². The summed E-state index contributed by atoms with van der Waals surface area (Å²) in [6.07, 6.45) is -0.0236. The Balaban J connectivity index is 2.43. The number of nitrogens with one attached hydrogen (secondary N) is 1. The first-order chi connectivity index (χ1) is 7.91. The molecule has 0 radical (unpaired) electrons. The van der Waals surface area contributed by atoms with Crippen LogP contribution in [0, 0.1) is 0 Å². The fraction of sp³-hybridized carbons (Fsp3) is 0.700. The minimum absolute atomic E-state index is 0.0521. The monoisotopic (exact) mass is 243 g/mol. The lowest BCUT2D eigenvalue weighted by Gasteiger charge is -2.20. The van der Waals surface area contributed by atoms with E-state index in [9.17, 15) is 14.4 Å². The Morgan fingerprint density at radius 3 is 2.71 bits per heavy atom. The van der Waals surface area contributed by atoms with Gasteiger partial charge in [-0.3, -0.25) is 14.5 Å². The molecule has 1 saturated heterocycles. The van der Waals surface area contributed by atoms with Gasteiger partial charge in [0.25, 0.3) is 5.91 Å². The first-order valence-corrected chi connectivity index (χ1v) is 5.42. The molecule has 0 bridgehead atoms. The number of aliphatic hydroxyl groups excluding tert-OH is 1. The number of urea groups is 1. The Kier molecular flexibility index (Phi) is 4.45. The van der Waals surface area contributed by atoms with E-state index in [4.69, 9.17) is 5.11 Å². The lowest BCUT2D eigenvalue weighted by Crippen LogP contribution is -2.42. The molecule has 1 unspecified atom stereocenters. The van der Waals surface area contributed by atoms with Gasteiger partial charge in [0.1, 0.15) is 6.54 Å². The molecule has 1 rings (SSSR count). The van der Waals surface area contributed by atoms with E-state index in [2.05, 4.69) is 5.32 Å². The average molecular weight is 243 g/mol. The van der Waals surface area contributed by atoms with E-state index in [-0.39, 0.29) is 19.0 Å². The normalized spacial score (nSPS) is 17.0. The molecule has 96 valence electrons. The van der Waals surface area contributed by atoms with Crippen molar-refractivity contribution in [3.05, 3.63) is 0 Å². The maximum atomic E-state index is 11.7. The van der Waals surface area contributed by atoms with Crippen LogP contribution in [0.15, 0.2) is 0 Å². The molecule has 0 aromatic carbocycles. The molecule has 0 aliphatic carbocycles. The molecule has 1 fully saturated rings. The van der Waals surface area contributed by atoms with Crippen LogP contribution in [0.4, 0.5) is 4.79 Å². The van der Waals surface area contributed by atoms with E-state index < -0.39 is 18.0 Å². The van der Waals surface area contributed by atoms with Crippen LogP contribution in [0.5, 0.6) is 0 Å². The second kappa shape index (κ2) is 5.62. The first kappa shape index (κ1) is 13.4. The number of aliphatic hydroxyl groups is 1. The molecular formula is C10H17N3O4. The summed E-state index contributed by atoms with van der Waals surface area (Å²) < 4.78 is 0. The highest BCUT2D eigenvalue weighted by atomic mass is 16.3. The minimum atomic E-state index is -0.535. The van der Waals surface area contributed by atoms with Crippen molar-refractivity contribution in [2.45, 2.75) is 19.4 Å². The summed E-state index contributed by atoms with van der Waals surface area (Å²) in [5.41, 5.74) is 0. The molecule has 4 amide bonds. The number of hydrogen-bond donors (Lipinski definition) is 2. The highest BCUT2D eigenvalue weighted by Gasteiger charge is 2.30. The highest BCUT2D eigenvalue weighted by Crippen LogP contribution is 2.01. The van der Waals surface area contributed by atoms with Gasteiger partial charge >= 0.3 is 6.03 Å². The van der Waals surface area contributed by atoms with Crippen LogP contribution in [0.3, 0.4) is 0 Å². The standard InChI is InChI=1S/C10H17N3O4/c1-7(14)3-4-12(2)9(16)6-13-8(15)5-11-10(13)17/h7,14H,3-6H2,1-2H3,(H,11,17). The minimum Gasteiger partial charge on any atom is -0.393 e. The number of hydrogen-bond acceptors (Lipinski definition) is 4. The predicted molar refractivity (Wildman–Crippen MR) is 59.0 cm³/mol. The van der Waals surface area contributed by atoms with Gasteiger partial charge in [0, 0.05) is 13.6 Å². The van der Waals surface area contributed by atoms with Gasteiger partial charge in [-0.2, -0.15) is 0 Å². The molecule has 1 atom stereocenters. The molecule has 0 aromatic heterocycles. The van der Waals surface area contributed by atoms with Gasteiger partial charge in [-0.1, -0.05) is 0 Å². The van der Waals surface area contributed by atoms with Crippen molar-refractivity contribution < 1.29 is 19.5 Å². The summed E-state index contributed by atoms with van der Waals surface area (Å²) in [7, 11) is 1.57. The van der Waals surface area contributed by atoms with Crippen LogP contribution in [0.2, 0.25) is 0 Å². The number of imide groups is 1. The molecule has 1 aliphatic heterocycles. The van der Waals surface area contributed by atoms with Crippen LogP contribution in [0.25, 0.3) is 0 Å². The number of nitrogens with zero attached hydrogens (tertiary/aromatic N) is 2. The van der Waals surface area contributed by atoms with Crippen LogP contribution in [-0.4, -0.2) is 65.5 Å². The van der Waals surface area contributed by atoms with E-state index in [0.29, 0.717) is 13.0 Å². The third-order valence-corrected chi connectivity index (χ3v) is 2.54. The second-order valence-electron chi connectivity index (χ2n) is 4.09. The Labute approximate surface area is 99.4 Å². The molecule has 0 spiro atoms. The Bertz CT molecular complexity index is 314. The van der Waals surface area contributed by atoms with Crippen molar-refractivity contribution in [3.8, 4) is 0 Å². The topological polar surface area (TPSA) is 89.9 Å². The number of carbonyl (C=O) groups is 3. The van der Waals surface area contributed by atoms with Crippen LogP contribution in [-0.2, 0) is 9.59 Å². The van der Waals surface area contributed by atoms with Crippen molar-refractivity contribution in [1.82, 2.24) is 15.1 Å². The van der Waals surface area contributed by atoms with Crippen LogP contribution < -0.4 is 5.32 Å². The Hall–Kier alpha value is -1.63. The molecule has 7 nitrogen and oxygen atoms in total. The molecule has 7 heteroatoms. The summed E-state index contributed by atoms with van der Waals surface area (Å²) in [6.45, 7) is 1.72. The van der Waals surface area contributed by atoms with Crippen molar-refractivity contribution >= 4 is 17.8 Å². The number of rotatable bonds is 5. The van der Waals surface area contributed by atoms with Crippen molar-refractivity contribution in [1.29, 1.82) is 0 Å². The van der Waals surface area contributed by atoms with Gasteiger partial charge in [-0.05, 0) is 13.3 Å². The zero-order valence-electron chi connectivity index (χ0n) is 9.97. The van der Waals surface area contributed by atoms with Gasteiger partial charge in [0.2, 0.25) is 5.91 Å². The quantitative estimate of drug-likeness (QED) is 0.591. The van der Waals surface area contributed by atoms with E-state index in [1.165, 1.54) is 4.90 Å². The van der Waals surface area contributed by atoms with Crippen molar-refractivity contribution in [2.24, 2.45) is 0 Å². The highest BCUT2D eigenvalue weighted by molar-refractivity contribution is 6.04. The number of amides is 4. The molecule has 1 heterocycles. The smallest absolute Gasteiger partial charge is 0.325 e. The van der Waals surface area contributed by atoms with Gasteiger partial charge in [-0.25, -0.2) is 4.79 Å². The number of carbonyl (C=O) groups excluding carboxylic acids is 3. The molecule has 2 N–H and O–H groups in total. The van der Waals surface area contributed by atoms with Crippen LogP contribution in [0.1, 0.15) is 13.3 Å². The van der Waals surface area contributed by atoms with Gasteiger partial charge in [0.05, 0.1) is 12.6 Å². The molecule has 1 aliphatic rings. The van der Waals surface area contributed by atoms with E-state index in [0.717, 1.165) is 4.90 Å².